The number of H-pyrrole nitrogens is 1. The molecule has 1 aromatic heterocycles. The van der Waals surface area contributed by atoms with Crippen LogP contribution in [0.15, 0.2) is 12.5 Å². The van der Waals surface area contributed by atoms with Crippen LogP contribution >= 0.6 is 0 Å². The normalized spacial score (nSPS) is 11.8. The second kappa shape index (κ2) is 7.39. The molecule has 1 rings (SSSR count). The van der Waals surface area contributed by atoms with Crippen molar-refractivity contribution >= 4 is 12.4 Å². The van der Waals surface area contributed by atoms with Crippen molar-refractivity contribution in [3.05, 3.63) is 18.2 Å². The molecule has 17 heavy (non-hydrogen) atoms. The van der Waals surface area contributed by atoms with Crippen LogP contribution in [-0.2, 0) is 20.7 Å². The number of rotatable bonds is 8. The highest BCUT2D eigenvalue weighted by Gasteiger charge is 2.12. The lowest BCUT2D eigenvalue weighted by Gasteiger charge is -2.11. The molecule has 1 heterocycles. The Morgan fingerprint density at radius 1 is 1.71 bits per heavy atom. The number of nitrogens with zero attached hydrogens (tertiary/aromatic N) is 1. The molecule has 0 fully saturated rings. The largest absolute Gasteiger partial charge is 0.468 e. The van der Waals surface area contributed by atoms with Gasteiger partial charge in [0.2, 0.25) is 5.91 Å². The predicted molar refractivity (Wildman–Crippen MR) is 59.9 cm³/mol. The fourth-order valence-electron chi connectivity index (χ4n) is 1.25. The third-order valence-electron chi connectivity index (χ3n) is 2.20. The molecule has 0 saturated carbocycles. The molecule has 0 aliphatic carbocycles. The molecule has 0 aliphatic rings. The van der Waals surface area contributed by atoms with Gasteiger partial charge >= 0.3 is 0 Å². The summed E-state index contributed by atoms with van der Waals surface area (Å²) in [6.45, 7) is 0.977. The molecule has 1 atom stereocenters. The molecular weight excluding hydrogens is 224 g/mol. The fourth-order valence-corrected chi connectivity index (χ4v) is 1.25. The first kappa shape index (κ1) is 13.2. The van der Waals surface area contributed by atoms with Gasteiger partial charge in [0.05, 0.1) is 19.0 Å². The van der Waals surface area contributed by atoms with Crippen LogP contribution < -0.4 is 11.1 Å². The smallest absolute Gasteiger partial charge is 0.293 e. The molecule has 0 aliphatic heterocycles. The van der Waals surface area contributed by atoms with Crippen LogP contribution in [0.4, 0.5) is 0 Å². The van der Waals surface area contributed by atoms with Crippen molar-refractivity contribution in [3.8, 4) is 0 Å². The minimum atomic E-state index is -0.656. The standard InChI is InChI=1S/C10H16N4O3/c11-9(2-4-17-7-15)10(16)13-3-1-8-5-12-6-14-8/h5-7,9H,1-4,11H2,(H,12,14)(H,13,16)/t9-/m0/s1. The molecule has 0 unspecified atom stereocenters. The van der Waals surface area contributed by atoms with Crippen molar-refractivity contribution in [3.63, 3.8) is 0 Å². The number of nitrogens with two attached hydrogens (primary N) is 1. The van der Waals surface area contributed by atoms with Crippen LogP contribution in [0.25, 0.3) is 0 Å². The van der Waals surface area contributed by atoms with E-state index in [-0.39, 0.29) is 12.5 Å². The van der Waals surface area contributed by atoms with E-state index in [2.05, 4.69) is 20.0 Å². The molecule has 7 nitrogen and oxygen atoms in total. The Morgan fingerprint density at radius 3 is 3.18 bits per heavy atom. The van der Waals surface area contributed by atoms with Gasteiger partial charge in [0, 0.05) is 31.3 Å². The molecule has 0 saturated heterocycles. The van der Waals surface area contributed by atoms with Crippen LogP contribution in [0.5, 0.6) is 0 Å². The highest BCUT2D eigenvalue weighted by molar-refractivity contribution is 5.81. The maximum absolute atomic E-state index is 11.5. The zero-order valence-electron chi connectivity index (χ0n) is 9.39. The minimum absolute atomic E-state index is 0.151. The Bertz CT molecular complexity index is 339. The summed E-state index contributed by atoms with van der Waals surface area (Å²) >= 11 is 0. The van der Waals surface area contributed by atoms with E-state index in [1.807, 2.05) is 0 Å². The summed E-state index contributed by atoms with van der Waals surface area (Å²) in [5, 5.41) is 2.69. The van der Waals surface area contributed by atoms with Crippen molar-refractivity contribution < 1.29 is 14.3 Å². The molecular formula is C10H16N4O3. The van der Waals surface area contributed by atoms with E-state index < -0.39 is 6.04 Å². The van der Waals surface area contributed by atoms with E-state index in [1.54, 1.807) is 12.5 Å². The van der Waals surface area contributed by atoms with Crippen molar-refractivity contribution in [1.82, 2.24) is 15.3 Å². The first-order valence-corrected chi connectivity index (χ1v) is 5.30. The third kappa shape index (κ3) is 5.12. The average Bonchev–Trinajstić information content (AvgIpc) is 2.82. The van der Waals surface area contributed by atoms with E-state index in [1.165, 1.54) is 0 Å². The van der Waals surface area contributed by atoms with E-state index in [4.69, 9.17) is 5.73 Å². The lowest BCUT2D eigenvalue weighted by Crippen LogP contribution is -2.42. The molecule has 0 aromatic carbocycles. The first-order valence-electron chi connectivity index (χ1n) is 5.30. The van der Waals surface area contributed by atoms with E-state index in [9.17, 15) is 9.59 Å². The molecule has 7 heteroatoms. The molecule has 94 valence electrons. The van der Waals surface area contributed by atoms with Gasteiger partial charge in [-0.2, -0.15) is 0 Å². The van der Waals surface area contributed by atoms with Crippen LogP contribution in [0.1, 0.15) is 12.1 Å². The molecule has 4 N–H and O–H groups in total. The topological polar surface area (TPSA) is 110 Å². The van der Waals surface area contributed by atoms with Crippen LogP contribution in [-0.4, -0.2) is 41.5 Å². The van der Waals surface area contributed by atoms with Gasteiger partial charge in [0.15, 0.2) is 0 Å². The Labute approximate surface area is 98.7 Å². The van der Waals surface area contributed by atoms with Gasteiger partial charge in [-0.05, 0) is 0 Å². The van der Waals surface area contributed by atoms with Crippen LogP contribution in [0, 0.1) is 0 Å². The third-order valence-corrected chi connectivity index (χ3v) is 2.20. The Kier molecular flexibility index (Phi) is 5.73. The zero-order valence-corrected chi connectivity index (χ0v) is 9.39. The summed E-state index contributed by atoms with van der Waals surface area (Å²) < 4.78 is 4.46. The average molecular weight is 240 g/mol. The molecule has 0 bridgehead atoms. The maximum Gasteiger partial charge on any atom is 0.293 e. The summed E-state index contributed by atoms with van der Waals surface area (Å²) in [5.41, 5.74) is 6.54. The van der Waals surface area contributed by atoms with Crippen molar-refractivity contribution in [2.24, 2.45) is 5.73 Å². The lowest BCUT2D eigenvalue weighted by molar-refractivity contribution is -0.130. The van der Waals surface area contributed by atoms with Crippen LogP contribution in [0.3, 0.4) is 0 Å². The number of imidazole rings is 1. The number of aromatic amines is 1. The number of amides is 1. The Morgan fingerprint density at radius 2 is 2.53 bits per heavy atom. The highest BCUT2D eigenvalue weighted by Crippen LogP contribution is 1.92. The van der Waals surface area contributed by atoms with Crippen molar-refractivity contribution in [2.75, 3.05) is 13.2 Å². The summed E-state index contributed by atoms with van der Waals surface area (Å²) in [5.74, 6) is -0.251. The van der Waals surface area contributed by atoms with Crippen molar-refractivity contribution in [1.29, 1.82) is 0 Å². The maximum atomic E-state index is 11.5. The van der Waals surface area contributed by atoms with Gasteiger partial charge in [-0.3, -0.25) is 9.59 Å². The molecule has 0 radical (unpaired) electrons. The quantitative estimate of drug-likeness (QED) is 0.397. The van der Waals surface area contributed by atoms with Gasteiger partial charge in [0.25, 0.3) is 6.47 Å². The fraction of sp³-hybridized carbons (Fsp3) is 0.500. The first-order chi connectivity index (χ1) is 8.24. The highest BCUT2D eigenvalue weighted by atomic mass is 16.5. The van der Waals surface area contributed by atoms with Gasteiger partial charge < -0.3 is 20.8 Å². The number of ether oxygens (including phenoxy) is 1. The Hall–Kier alpha value is -1.89. The van der Waals surface area contributed by atoms with E-state index in [0.29, 0.717) is 25.9 Å². The lowest BCUT2D eigenvalue weighted by atomic mass is 10.2. The summed E-state index contributed by atoms with van der Waals surface area (Å²) in [6, 6.07) is -0.656. The summed E-state index contributed by atoms with van der Waals surface area (Å²) in [4.78, 5) is 28.1. The number of carbonyl (C=O) groups excluding carboxylic acids is 2. The second-order valence-corrected chi connectivity index (χ2v) is 3.48. The zero-order chi connectivity index (χ0) is 12.5. The molecule has 0 spiro atoms. The van der Waals surface area contributed by atoms with Crippen molar-refractivity contribution in [2.45, 2.75) is 18.9 Å². The monoisotopic (exact) mass is 240 g/mol. The SMILES string of the molecule is N[C@@H](CCOC=O)C(=O)NCCc1cnc[nH]1. The summed E-state index contributed by atoms with van der Waals surface area (Å²) in [7, 11) is 0. The van der Waals surface area contributed by atoms with Gasteiger partial charge in [-0.1, -0.05) is 0 Å². The predicted octanol–water partition coefficient (Wildman–Crippen LogP) is -1.04. The van der Waals surface area contributed by atoms with Gasteiger partial charge in [-0.15, -0.1) is 0 Å². The Balaban J connectivity index is 2.13. The number of hydrogen-bond donors (Lipinski definition) is 3. The molecule has 1 amide bonds. The number of nitrogens with one attached hydrogen (secondary N) is 2. The number of carbonyl (C=O) groups is 2. The van der Waals surface area contributed by atoms with Gasteiger partial charge in [0.1, 0.15) is 0 Å². The minimum Gasteiger partial charge on any atom is -0.468 e. The van der Waals surface area contributed by atoms with Gasteiger partial charge in [-0.25, -0.2) is 4.98 Å². The molecule has 1 aromatic rings. The van der Waals surface area contributed by atoms with Crippen LogP contribution in [0.2, 0.25) is 0 Å². The van der Waals surface area contributed by atoms with E-state index >= 15 is 0 Å². The summed E-state index contributed by atoms with van der Waals surface area (Å²) in [6.07, 6.45) is 4.27. The number of aromatic nitrogens is 2. The second-order valence-electron chi connectivity index (χ2n) is 3.48. The number of hydrogen-bond acceptors (Lipinski definition) is 5. The van der Waals surface area contributed by atoms with E-state index in [0.717, 1.165) is 5.69 Å².